The zero-order chi connectivity index (χ0) is 9.38. The first kappa shape index (κ1) is 8.04. The van der Waals surface area contributed by atoms with Gasteiger partial charge in [-0.15, -0.1) is 0 Å². The van der Waals surface area contributed by atoms with Crippen molar-refractivity contribution < 1.29 is 0 Å². The Balaban J connectivity index is 1.98. The summed E-state index contributed by atoms with van der Waals surface area (Å²) in [7, 11) is 0. The highest BCUT2D eigenvalue weighted by Gasteiger charge is 2.30. The number of rotatable bonds is 1. The van der Waals surface area contributed by atoms with E-state index in [0.717, 1.165) is 5.92 Å². The van der Waals surface area contributed by atoms with Crippen molar-refractivity contribution in [3.05, 3.63) is 35.4 Å². The zero-order valence-corrected chi connectivity index (χ0v) is 8.11. The van der Waals surface area contributed by atoms with Crippen LogP contribution in [0, 0.1) is 5.92 Å². The maximum absolute atomic E-state index is 4.23. The van der Waals surface area contributed by atoms with Gasteiger partial charge in [0.15, 0.2) is 0 Å². The fourth-order valence-corrected chi connectivity index (χ4v) is 2.30. The molecular formula is C12H14N2. The number of nitrogens with zero attached hydrogens (tertiary/aromatic N) is 1. The molecule has 1 atom stereocenters. The van der Waals surface area contributed by atoms with Crippen molar-refractivity contribution in [2.45, 2.75) is 25.3 Å². The van der Waals surface area contributed by atoms with Gasteiger partial charge in [-0.25, -0.2) is 0 Å². The van der Waals surface area contributed by atoms with E-state index in [1.54, 1.807) is 0 Å². The van der Waals surface area contributed by atoms with Gasteiger partial charge in [-0.05, 0) is 29.9 Å². The molecule has 0 spiro atoms. The fraction of sp³-hybridized carbons (Fsp3) is 0.417. The average Bonchev–Trinajstić information content (AvgIpc) is 2.16. The van der Waals surface area contributed by atoms with Crippen LogP contribution < -0.4 is 5.43 Å². The van der Waals surface area contributed by atoms with E-state index in [9.17, 15) is 0 Å². The summed E-state index contributed by atoms with van der Waals surface area (Å²) in [5.74, 6) is 0.800. The lowest BCUT2D eigenvalue weighted by Gasteiger charge is -2.35. The van der Waals surface area contributed by atoms with Crippen molar-refractivity contribution in [1.82, 2.24) is 5.43 Å². The topological polar surface area (TPSA) is 24.4 Å². The number of hydrogen-bond donors (Lipinski definition) is 1. The Kier molecular flexibility index (Phi) is 1.79. The van der Waals surface area contributed by atoms with Gasteiger partial charge in [0, 0.05) is 0 Å². The minimum atomic E-state index is 0.463. The quantitative estimate of drug-likeness (QED) is 0.715. The van der Waals surface area contributed by atoms with Crippen molar-refractivity contribution in [3.8, 4) is 0 Å². The van der Waals surface area contributed by atoms with Crippen LogP contribution in [-0.4, -0.2) is 6.21 Å². The molecule has 1 aromatic rings. The van der Waals surface area contributed by atoms with Crippen LogP contribution in [0.15, 0.2) is 29.4 Å². The summed E-state index contributed by atoms with van der Waals surface area (Å²) in [6.45, 7) is 0. The minimum Gasteiger partial charge on any atom is -0.302 e. The Hall–Kier alpha value is -1.31. The van der Waals surface area contributed by atoms with Crippen molar-refractivity contribution in [3.63, 3.8) is 0 Å². The lowest BCUT2D eigenvalue weighted by atomic mass is 9.76. The van der Waals surface area contributed by atoms with Crippen LogP contribution in [0.2, 0.25) is 0 Å². The van der Waals surface area contributed by atoms with Crippen LogP contribution in [0.25, 0.3) is 0 Å². The summed E-state index contributed by atoms with van der Waals surface area (Å²) in [6, 6.07) is 9.02. The molecule has 1 aliphatic carbocycles. The van der Waals surface area contributed by atoms with Gasteiger partial charge in [-0.2, -0.15) is 5.10 Å². The number of benzene rings is 1. The Morgan fingerprint density at radius 2 is 2.07 bits per heavy atom. The normalized spacial score (nSPS) is 25.0. The van der Waals surface area contributed by atoms with Crippen molar-refractivity contribution >= 4 is 6.21 Å². The van der Waals surface area contributed by atoms with Crippen LogP contribution in [0.1, 0.15) is 36.4 Å². The highest BCUT2D eigenvalue weighted by molar-refractivity contribution is 5.82. The summed E-state index contributed by atoms with van der Waals surface area (Å²) in [6.07, 6.45) is 6.00. The number of hydrogen-bond acceptors (Lipinski definition) is 2. The highest BCUT2D eigenvalue weighted by atomic mass is 15.3. The van der Waals surface area contributed by atoms with Crippen molar-refractivity contribution in [1.29, 1.82) is 0 Å². The third kappa shape index (κ3) is 1.14. The maximum Gasteiger partial charge on any atom is 0.0723 e. The molecular weight excluding hydrogens is 172 g/mol. The largest absolute Gasteiger partial charge is 0.302 e. The summed E-state index contributed by atoms with van der Waals surface area (Å²) < 4.78 is 0. The van der Waals surface area contributed by atoms with Crippen LogP contribution in [0.5, 0.6) is 0 Å². The summed E-state index contributed by atoms with van der Waals surface area (Å²) >= 11 is 0. The van der Waals surface area contributed by atoms with Crippen LogP contribution in [0.3, 0.4) is 0 Å². The van der Waals surface area contributed by atoms with Gasteiger partial charge < -0.3 is 5.43 Å². The minimum absolute atomic E-state index is 0.463. The lowest BCUT2D eigenvalue weighted by molar-refractivity contribution is 0.231. The standard InChI is InChI=1S/C12H14N2/c1-2-7-11-10(4-1)8-13-14-12(11)9-5-3-6-9/h1-2,4,7-9,12,14H,3,5-6H2. The van der Waals surface area contributed by atoms with Gasteiger partial charge in [-0.1, -0.05) is 30.7 Å². The molecule has 1 aromatic carbocycles. The molecule has 1 unspecified atom stereocenters. The Morgan fingerprint density at radius 3 is 2.86 bits per heavy atom. The third-order valence-electron chi connectivity index (χ3n) is 3.37. The van der Waals surface area contributed by atoms with Crippen LogP contribution in [0.4, 0.5) is 0 Å². The number of hydrazone groups is 1. The van der Waals surface area contributed by atoms with E-state index < -0.39 is 0 Å². The molecule has 2 aliphatic rings. The molecule has 0 radical (unpaired) electrons. The van der Waals surface area contributed by atoms with Crippen molar-refractivity contribution in [2.24, 2.45) is 11.0 Å². The van der Waals surface area contributed by atoms with Gasteiger partial charge in [0.1, 0.15) is 0 Å². The zero-order valence-electron chi connectivity index (χ0n) is 8.11. The number of nitrogens with one attached hydrogen (secondary N) is 1. The predicted molar refractivity (Wildman–Crippen MR) is 57.3 cm³/mol. The first-order valence-electron chi connectivity index (χ1n) is 5.33. The first-order chi connectivity index (χ1) is 6.95. The molecule has 1 fully saturated rings. The van der Waals surface area contributed by atoms with E-state index in [-0.39, 0.29) is 0 Å². The molecule has 3 rings (SSSR count). The second-order valence-electron chi connectivity index (χ2n) is 4.18. The predicted octanol–water partition coefficient (Wildman–Crippen LogP) is 2.46. The smallest absolute Gasteiger partial charge is 0.0723 e. The molecule has 0 bridgehead atoms. The molecule has 0 aromatic heterocycles. The van der Waals surface area contributed by atoms with Crippen molar-refractivity contribution in [2.75, 3.05) is 0 Å². The van der Waals surface area contributed by atoms with Gasteiger partial charge in [0.2, 0.25) is 0 Å². The number of fused-ring (bicyclic) bond motifs is 1. The molecule has 72 valence electrons. The molecule has 1 saturated carbocycles. The van der Waals surface area contributed by atoms with E-state index in [4.69, 9.17) is 0 Å². The molecule has 0 saturated heterocycles. The monoisotopic (exact) mass is 186 g/mol. The van der Waals surface area contributed by atoms with Crippen LogP contribution >= 0.6 is 0 Å². The van der Waals surface area contributed by atoms with Gasteiger partial charge in [0.05, 0.1) is 12.3 Å². The van der Waals surface area contributed by atoms with E-state index >= 15 is 0 Å². The van der Waals surface area contributed by atoms with Gasteiger partial charge >= 0.3 is 0 Å². The molecule has 14 heavy (non-hydrogen) atoms. The van der Waals surface area contributed by atoms with Crippen LogP contribution in [-0.2, 0) is 0 Å². The SMILES string of the molecule is C1=NNC(C2CCC2)c2ccccc21. The lowest BCUT2D eigenvalue weighted by Crippen LogP contribution is -2.32. The Bertz CT molecular complexity index is 366. The Morgan fingerprint density at radius 1 is 1.21 bits per heavy atom. The molecule has 0 amide bonds. The molecule has 2 nitrogen and oxygen atoms in total. The fourth-order valence-electron chi connectivity index (χ4n) is 2.30. The average molecular weight is 186 g/mol. The van der Waals surface area contributed by atoms with E-state index in [2.05, 4.69) is 34.8 Å². The summed E-state index contributed by atoms with van der Waals surface area (Å²) in [5.41, 5.74) is 5.95. The molecule has 1 N–H and O–H groups in total. The van der Waals surface area contributed by atoms with E-state index in [1.165, 1.54) is 30.4 Å². The molecule has 2 heteroatoms. The van der Waals surface area contributed by atoms with E-state index in [0.29, 0.717) is 6.04 Å². The summed E-state index contributed by atoms with van der Waals surface area (Å²) in [5, 5.41) is 4.23. The van der Waals surface area contributed by atoms with E-state index in [1.807, 2.05) is 6.21 Å². The van der Waals surface area contributed by atoms with Gasteiger partial charge in [-0.3, -0.25) is 0 Å². The second kappa shape index (κ2) is 3.12. The summed E-state index contributed by atoms with van der Waals surface area (Å²) in [4.78, 5) is 0. The Labute approximate surface area is 84.0 Å². The van der Waals surface area contributed by atoms with Gasteiger partial charge in [0.25, 0.3) is 0 Å². The maximum atomic E-state index is 4.23. The second-order valence-corrected chi connectivity index (χ2v) is 4.18. The highest BCUT2D eigenvalue weighted by Crippen LogP contribution is 2.39. The molecule has 1 heterocycles. The third-order valence-corrected chi connectivity index (χ3v) is 3.37. The first-order valence-corrected chi connectivity index (χ1v) is 5.33. The molecule has 1 aliphatic heterocycles.